The summed E-state index contributed by atoms with van der Waals surface area (Å²) in [5.74, 6) is 1.53. The van der Waals surface area contributed by atoms with Crippen molar-refractivity contribution in [3.8, 4) is 11.3 Å². The van der Waals surface area contributed by atoms with Gasteiger partial charge in [-0.3, -0.25) is 0 Å². The molecule has 0 fully saturated rings. The molecular weight excluding hydrogens is 312 g/mol. The van der Waals surface area contributed by atoms with Gasteiger partial charge in [0.05, 0.1) is 10.6 Å². The van der Waals surface area contributed by atoms with Crippen LogP contribution in [0, 0.1) is 0 Å². The lowest BCUT2D eigenvalue weighted by Gasteiger charge is -1.95. The number of rotatable bonds is 2. The van der Waals surface area contributed by atoms with Crippen molar-refractivity contribution < 1.29 is 4.42 Å². The molecule has 72 valence electrons. The highest BCUT2D eigenvalue weighted by molar-refractivity contribution is 14.1. The minimum atomic E-state index is 0.724. The summed E-state index contributed by atoms with van der Waals surface area (Å²) in [6.45, 7) is 0. The highest BCUT2D eigenvalue weighted by Gasteiger charge is 2.04. The van der Waals surface area contributed by atoms with Gasteiger partial charge in [-0.25, -0.2) is 4.98 Å². The quantitative estimate of drug-likeness (QED) is 0.619. The maximum Gasteiger partial charge on any atom is 0.204 e. The number of nitrogens with zero attached hydrogens (tertiary/aromatic N) is 1. The van der Waals surface area contributed by atoms with Crippen LogP contribution in [0.15, 0.2) is 34.9 Å². The maximum absolute atomic E-state index is 5.78. The fourth-order valence-electron chi connectivity index (χ4n) is 1.12. The van der Waals surface area contributed by atoms with Crippen molar-refractivity contribution in [3.05, 3.63) is 41.4 Å². The molecule has 2 rings (SSSR count). The van der Waals surface area contributed by atoms with Crippen LogP contribution in [0.2, 0.25) is 5.02 Å². The van der Waals surface area contributed by atoms with Crippen molar-refractivity contribution in [2.45, 2.75) is 4.43 Å². The van der Waals surface area contributed by atoms with E-state index in [1.807, 2.05) is 24.3 Å². The van der Waals surface area contributed by atoms with E-state index in [1.165, 1.54) is 0 Å². The van der Waals surface area contributed by atoms with Gasteiger partial charge in [-0.1, -0.05) is 34.2 Å². The van der Waals surface area contributed by atoms with Crippen molar-refractivity contribution in [1.29, 1.82) is 0 Å². The Morgan fingerprint density at radius 1 is 1.29 bits per heavy atom. The van der Waals surface area contributed by atoms with Crippen LogP contribution in [-0.4, -0.2) is 4.98 Å². The highest BCUT2D eigenvalue weighted by Crippen LogP contribution is 2.22. The molecule has 0 N–H and O–H groups in total. The Balaban J connectivity index is 2.34. The van der Waals surface area contributed by atoms with Crippen molar-refractivity contribution in [1.82, 2.24) is 4.98 Å². The Kier molecular flexibility index (Phi) is 3.08. The lowest BCUT2D eigenvalue weighted by molar-refractivity contribution is 0.533. The molecule has 2 nitrogen and oxygen atoms in total. The molecule has 1 aromatic carbocycles. The summed E-state index contributed by atoms with van der Waals surface area (Å²) in [5, 5.41) is 0.724. The summed E-state index contributed by atoms with van der Waals surface area (Å²) < 4.78 is 6.28. The van der Waals surface area contributed by atoms with Gasteiger partial charge in [0.15, 0.2) is 5.76 Å². The maximum atomic E-state index is 5.78. The fourth-order valence-corrected chi connectivity index (χ4v) is 1.60. The van der Waals surface area contributed by atoms with E-state index < -0.39 is 0 Å². The Morgan fingerprint density at radius 2 is 2.00 bits per heavy atom. The SMILES string of the molecule is Clc1ccc(-c2cnc(CI)o2)cc1. The average molecular weight is 320 g/mol. The Hall–Kier alpha value is -0.550. The molecule has 0 saturated heterocycles. The number of hydrogen-bond acceptors (Lipinski definition) is 2. The first-order valence-corrected chi connectivity index (χ1v) is 5.96. The van der Waals surface area contributed by atoms with Gasteiger partial charge in [-0.05, 0) is 24.3 Å². The van der Waals surface area contributed by atoms with Crippen molar-refractivity contribution in [3.63, 3.8) is 0 Å². The molecule has 0 saturated carbocycles. The van der Waals surface area contributed by atoms with Crippen molar-refractivity contribution >= 4 is 34.2 Å². The van der Waals surface area contributed by atoms with E-state index in [0.717, 1.165) is 26.7 Å². The molecule has 4 heteroatoms. The normalized spacial score (nSPS) is 10.4. The average Bonchev–Trinajstić information content (AvgIpc) is 2.67. The molecule has 2 aromatic rings. The molecule has 0 unspecified atom stereocenters. The topological polar surface area (TPSA) is 26.0 Å². The second-order valence-corrected chi connectivity index (χ2v) is 3.96. The lowest BCUT2D eigenvalue weighted by Crippen LogP contribution is -1.72. The number of hydrogen-bond donors (Lipinski definition) is 0. The fraction of sp³-hybridized carbons (Fsp3) is 0.100. The van der Waals surface area contributed by atoms with E-state index in [2.05, 4.69) is 27.6 Å². The van der Waals surface area contributed by atoms with E-state index in [-0.39, 0.29) is 0 Å². The molecule has 0 atom stereocenters. The molecule has 0 aliphatic rings. The van der Waals surface area contributed by atoms with Gasteiger partial charge in [-0.2, -0.15) is 0 Å². The zero-order chi connectivity index (χ0) is 9.97. The first-order valence-electron chi connectivity index (χ1n) is 4.06. The molecule has 1 aromatic heterocycles. The van der Waals surface area contributed by atoms with Gasteiger partial charge in [0.25, 0.3) is 0 Å². The third kappa shape index (κ3) is 2.09. The van der Waals surface area contributed by atoms with Crippen molar-refractivity contribution in [2.75, 3.05) is 0 Å². The first kappa shape index (κ1) is 9.98. The molecule has 0 aliphatic carbocycles. The summed E-state index contributed by atoms with van der Waals surface area (Å²) >= 11 is 8.00. The second kappa shape index (κ2) is 4.31. The van der Waals surface area contributed by atoms with Crippen LogP contribution in [0.3, 0.4) is 0 Å². The number of halogens is 2. The Bertz CT molecular complexity index is 424. The van der Waals surface area contributed by atoms with E-state index in [9.17, 15) is 0 Å². The van der Waals surface area contributed by atoms with Gasteiger partial charge < -0.3 is 4.42 Å². The molecule has 0 aliphatic heterocycles. The van der Waals surface area contributed by atoms with Crippen LogP contribution >= 0.6 is 34.2 Å². The molecule has 1 heterocycles. The number of aromatic nitrogens is 1. The van der Waals surface area contributed by atoms with Gasteiger partial charge in [0.1, 0.15) is 0 Å². The third-order valence-corrected chi connectivity index (χ3v) is 2.70. The van der Waals surface area contributed by atoms with Crippen LogP contribution in [-0.2, 0) is 4.43 Å². The number of alkyl halides is 1. The summed E-state index contributed by atoms with van der Waals surface area (Å²) in [5.41, 5.74) is 0.998. The molecule has 0 radical (unpaired) electrons. The van der Waals surface area contributed by atoms with E-state index in [4.69, 9.17) is 16.0 Å². The van der Waals surface area contributed by atoms with Gasteiger partial charge in [0.2, 0.25) is 5.89 Å². The lowest BCUT2D eigenvalue weighted by atomic mass is 10.2. The predicted octanol–water partition coefficient (Wildman–Crippen LogP) is 3.93. The number of benzene rings is 1. The first-order chi connectivity index (χ1) is 6.79. The largest absolute Gasteiger partial charge is 0.440 e. The third-order valence-electron chi connectivity index (χ3n) is 1.80. The number of oxazole rings is 1. The zero-order valence-corrected chi connectivity index (χ0v) is 10.1. The summed E-state index contributed by atoms with van der Waals surface area (Å²) in [6.07, 6.45) is 1.73. The molecule has 0 bridgehead atoms. The minimum Gasteiger partial charge on any atom is -0.440 e. The van der Waals surface area contributed by atoms with Crippen LogP contribution < -0.4 is 0 Å². The van der Waals surface area contributed by atoms with Crippen LogP contribution in [0.5, 0.6) is 0 Å². The summed E-state index contributed by atoms with van der Waals surface area (Å²) in [6, 6.07) is 7.51. The van der Waals surface area contributed by atoms with E-state index in [0.29, 0.717) is 0 Å². The van der Waals surface area contributed by atoms with E-state index in [1.54, 1.807) is 6.20 Å². The van der Waals surface area contributed by atoms with Crippen molar-refractivity contribution in [2.24, 2.45) is 0 Å². The van der Waals surface area contributed by atoms with Crippen LogP contribution in [0.25, 0.3) is 11.3 Å². The summed E-state index contributed by atoms with van der Waals surface area (Å²) in [7, 11) is 0. The molecule has 0 amide bonds. The van der Waals surface area contributed by atoms with Gasteiger partial charge >= 0.3 is 0 Å². The summed E-state index contributed by atoms with van der Waals surface area (Å²) in [4.78, 5) is 4.13. The van der Waals surface area contributed by atoms with Gasteiger partial charge in [-0.15, -0.1) is 0 Å². The smallest absolute Gasteiger partial charge is 0.204 e. The molecular formula is C10H7ClINO. The Morgan fingerprint density at radius 3 is 2.57 bits per heavy atom. The van der Waals surface area contributed by atoms with Crippen LogP contribution in [0.1, 0.15) is 5.89 Å². The Labute approximate surface area is 100 Å². The standard InChI is InChI=1S/C10H7ClINO/c11-8-3-1-7(2-4-8)9-6-13-10(5-12)14-9/h1-4,6H,5H2. The second-order valence-electron chi connectivity index (χ2n) is 2.76. The predicted molar refractivity (Wildman–Crippen MR) is 64.7 cm³/mol. The van der Waals surface area contributed by atoms with Crippen LogP contribution in [0.4, 0.5) is 0 Å². The van der Waals surface area contributed by atoms with Gasteiger partial charge in [0, 0.05) is 10.6 Å². The molecule has 14 heavy (non-hydrogen) atoms. The monoisotopic (exact) mass is 319 g/mol. The molecule has 0 spiro atoms. The van der Waals surface area contributed by atoms with E-state index >= 15 is 0 Å². The minimum absolute atomic E-state index is 0.724. The highest BCUT2D eigenvalue weighted by atomic mass is 127. The zero-order valence-electron chi connectivity index (χ0n) is 7.21.